The highest BCUT2D eigenvalue weighted by atomic mass is 28.4. The molecule has 0 unspecified atom stereocenters. The molecule has 0 amide bonds. The highest BCUT2D eigenvalue weighted by Gasteiger charge is 2.54. The highest BCUT2D eigenvalue weighted by molar-refractivity contribution is 6.70. The van der Waals surface area contributed by atoms with Crippen molar-refractivity contribution in [3.63, 3.8) is 0 Å². The topological polar surface area (TPSA) is 27.7 Å². The standard InChI is InChI=1S/C14H31BO3Si/c1-11(2)10-12(16-19(7,8)9)15-17-13(3,4)14(5,6)18-15/h11-12H,10H2,1-9H3/t12-/m1/s1. The first-order valence-corrected chi connectivity index (χ1v) is 10.8. The average molecular weight is 286 g/mol. The van der Waals surface area contributed by atoms with Gasteiger partial charge in [0.15, 0.2) is 8.32 Å². The molecule has 1 atom stereocenters. The van der Waals surface area contributed by atoms with Crippen LogP contribution < -0.4 is 0 Å². The SMILES string of the molecule is CC(C)C[C@@H](O[Si](C)(C)C)B1OC(C)(C)C(C)(C)O1. The number of rotatable bonds is 5. The summed E-state index contributed by atoms with van der Waals surface area (Å²) in [5.74, 6) is 0.570. The van der Waals surface area contributed by atoms with Crippen molar-refractivity contribution in [3.05, 3.63) is 0 Å². The first-order chi connectivity index (χ1) is 8.34. The largest absolute Gasteiger partial charge is 0.487 e. The van der Waals surface area contributed by atoms with Gasteiger partial charge in [-0.3, -0.25) is 0 Å². The lowest BCUT2D eigenvalue weighted by molar-refractivity contribution is 0.00578. The Hall–Kier alpha value is 0.162. The molecule has 1 aliphatic heterocycles. The molecule has 1 rings (SSSR count). The van der Waals surface area contributed by atoms with E-state index in [1.54, 1.807) is 0 Å². The van der Waals surface area contributed by atoms with Crippen LogP contribution in [0.15, 0.2) is 0 Å². The molecule has 0 saturated carbocycles. The van der Waals surface area contributed by atoms with Crippen molar-refractivity contribution in [1.29, 1.82) is 0 Å². The van der Waals surface area contributed by atoms with E-state index in [-0.39, 0.29) is 24.3 Å². The first kappa shape index (κ1) is 17.2. The van der Waals surface area contributed by atoms with Crippen LogP contribution in [0.3, 0.4) is 0 Å². The van der Waals surface area contributed by atoms with Gasteiger partial charge < -0.3 is 13.7 Å². The highest BCUT2D eigenvalue weighted by Crippen LogP contribution is 2.39. The van der Waals surface area contributed by atoms with E-state index in [1.807, 2.05) is 0 Å². The van der Waals surface area contributed by atoms with Crippen LogP contribution in [0, 0.1) is 5.92 Å². The number of hydrogen-bond donors (Lipinski definition) is 0. The normalized spacial score (nSPS) is 24.0. The van der Waals surface area contributed by atoms with Crippen molar-refractivity contribution >= 4 is 15.4 Å². The smallest absolute Gasteiger partial charge is 0.417 e. The summed E-state index contributed by atoms with van der Waals surface area (Å²) < 4.78 is 18.6. The maximum absolute atomic E-state index is 6.31. The van der Waals surface area contributed by atoms with Gasteiger partial charge in [-0.25, -0.2) is 0 Å². The van der Waals surface area contributed by atoms with E-state index < -0.39 is 8.32 Å². The first-order valence-electron chi connectivity index (χ1n) is 7.37. The van der Waals surface area contributed by atoms with Crippen LogP contribution in [-0.2, 0) is 13.7 Å². The van der Waals surface area contributed by atoms with Crippen LogP contribution in [-0.4, -0.2) is 32.6 Å². The van der Waals surface area contributed by atoms with Gasteiger partial charge in [-0.05, 0) is 59.7 Å². The van der Waals surface area contributed by atoms with Crippen molar-refractivity contribution in [2.75, 3.05) is 0 Å². The zero-order chi connectivity index (χ0) is 15.1. The fourth-order valence-electron chi connectivity index (χ4n) is 2.17. The molecule has 0 aromatic rings. The van der Waals surface area contributed by atoms with Crippen LogP contribution in [0.25, 0.3) is 0 Å². The second-order valence-electron chi connectivity index (χ2n) is 8.02. The molecule has 0 radical (unpaired) electrons. The van der Waals surface area contributed by atoms with E-state index in [2.05, 4.69) is 61.2 Å². The monoisotopic (exact) mass is 286 g/mol. The van der Waals surface area contributed by atoms with E-state index in [9.17, 15) is 0 Å². The second kappa shape index (κ2) is 5.51. The molecule has 0 aliphatic carbocycles. The van der Waals surface area contributed by atoms with Crippen molar-refractivity contribution in [2.24, 2.45) is 5.92 Å². The molecule has 3 nitrogen and oxygen atoms in total. The molecule has 1 heterocycles. The molecule has 19 heavy (non-hydrogen) atoms. The lowest BCUT2D eigenvalue weighted by Gasteiger charge is -2.32. The molecule has 1 saturated heterocycles. The van der Waals surface area contributed by atoms with Gasteiger partial charge in [0.05, 0.1) is 17.2 Å². The van der Waals surface area contributed by atoms with Gasteiger partial charge in [-0.2, -0.15) is 0 Å². The zero-order valence-corrected chi connectivity index (χ0v) is 15.2. The molecular weight excluding hydrogens is 255 g/mol. The Bertz CT molecular complexity index is 294. The van der Waals surface area contributed by atoms with Crippen molar-refractivity contribution < 1.29 is 13.7 Å². The third-order valence-electron chi connectivity index (χ3n) is 3.78. The minimum Gasteiger partial charge on any atom is -0.417 e. The summed E-state index contributed by atoms with van der Waals surface area (Å²) >= 11 is 0. The molecule has 5 heteroatoms. The Labute approximate surface area is 120 Å². The Kier molecular flexibility index (Phi) is 4.99. The van der Waals surface area contributed by atoms with Crippen LogP contribution in [0.2, 0.25) is 19.6 Å². The molecule has 1 fully saturated rings. The molecule has 0 spiro atoms. The average Bonchev–Trinajstić information content (AvgIpc) is 2.31. The molecule has 0 N–H and O–H groups in total. The van der Waals surface area contributed by atoms with Crippen LogP contribution in [0.1, 0.15) is 48.0 Å². The summed E-state index contributed by atoms with van der Waals surface area (Å²) in [4.78, 5) is 0. The van der Waals surface area contributed by atoms with Gasteiger partial charge in [0, 0.05) is 0 Å². The molecule has 112 valence electrons. The fraction of sp³-hybridized carbons (Fsp3) is 1.00. The Morgan fingerprint density at radius 2 is 1.42 bits per heavy atom. The molecule has 0 bridgehead atoms. The minimum atomic E-state index is -1.61. The fourth-order valence-corrected chi connectivity index (χ4v) is 3.29. The van der Waals surface area contributed by atoms with Crippen LogP contribution in [0.5, 0.6) is 0 Å². The number of hydrogen-bond acceptors (Lipinski definition) is 3. The Balaban J connectivity index is 2.83. The van der Waals surface area contributed by atoms with E-state index in [4.69, 9.17) is 13.7 Å². The predicted molar refractivity (Wildman–Crippen MR) is 83.8 cm³/mol. The third kappa shape index (κ3) is 4.59. The van der Waals surface area contributed by atoms with Gasteiger partial charge in [-0.1, -0.05) is 13.8 Å². The van der Waals surface area contributed by atoms with Crippen molar-refractivity contribution in [2.45, 2.75) is 84.8 Å². The van der Waals surface area contributed by atoms with Crippen molar-refractivity contribution in [3.8, 4) is 0 Å². The van der Waals surface area contributed by atoms with E-state index in [1.165, 1.54) is 0 Å². The Morgan fingerprint density at radius 3 is 1.74 bits per heavy atom. The van der Waals surface area contributed by atoms with Crippen LogP contribution in [0.4, 0.5) is 0 Å². The van der Waals surface area contributed by atoms with Gasteiger partial charge >= 0.3 is 7.12 Å². The second-order valence-corrected chi connectivity index (χ2v) is 12.5. The maximum Gasteiger partial charge on any atom is 0.487 e. The minimum absolute atomic E-state index is 0.0349. The maximum atomic E-state index is 6.31. The summed E-state index contributed by atoms with van der Waals surface area (Å²) in [6, 6.07) is 0.0349. The summed E-state index contributed by atoms with van der Waals surface area (Å²) in [7, 11) is -1.86. The van der Waals surface area contributed by atoms with Gasteiger partial charge in [0.1, 0.15) is 0 Å². The molecule has 0 aromatic carbocycles. The van der Waals surface area contributed by atoms with Gasteiger partial charge in [0.25, 0.3) is 0 Å². The lowest BCUT2D eigenvalue weighted by atomic mass is 9.77. The Morgan fingerprint density at radius 1 is 1.00 bits per heavy atom. The van der Waals surface area contributed by atoms with Gasteiger partial charge in [0.2, 0.25) is 0 Å². The summed E-state index contributed by atoms with van der Waals surface area (Å²) in [6.45, 7) is 19.4. The van der Waals surface area contributed by atoms with Gasteiger partial charge in [-0.15, -0.1) is 0 Å². The van der Waals surface area contributed by atoms with E-state index in [0.29, 0.717) is 5.92 Å². The van der Waals surface area contributed by atoms with E-state index in [0.717, 1.165) is 6.42 Å². The summed E-state index contributed by atoms with van der Waals surface area (Å²) in [5, 5.41) is 0. The molecular formula is C14H31BO3Si. The molecule has 1 aliphatic rings. The third-order valence-corrected chi connectivity index (χ3v) is 4.79. The summed E-state index contributed by atoms with van der Waals surface area (Å²) in [5.41, 5.74) is -0.564. The summed E-state index contributed by atoms with van der Waals surface area (Å²) in [6.07, 6.45) is 0.973. The lowest BCUT2D eigenvalue weighted by Crippen LogP contribution is -2.44. The quantitative estimate of drug-likeness (QED) is 0.718. The van der Waals surface area contributed by atoms with E-state index >= 15 is 0 Å². The predicted octanol–water partition coefficient (Wildman–Crippen LogP) is 3.88. The van der Waals surface area contributed by atoms with Crippen molar-refractivity contribution in [1.82, 2.24) is 0 Å². The van der Waals surface area contributed by atoms with Crippen LogP contribution >= 0.6 is 0 Å². The molecule has 0 aromatic heterocycles. The zero-order valence-electron chi connectivity index (χ0n) is 14.2.